The van der Waals surface area contributed by atoms with Gasteiger partial charge < -0.3 is 10.2 Å². The van der Waals surface area contributed by atoms with Crippen molar-refractivity contribution in [2.75, 3.05) is 23.7 Å². The van der Waals surface area contributed by atoms with Crippen molar-refractivity contribution in [1.82, 2.24) is 10.2 Å². The Morgan fingerprint density at radius 2 is 1.64 bits per heavy atom. The second kappa shape index (κ2) is 14.2. The van der Waals surface area contributed by atoms with Crippen molar-refractivity contribution in [3.8, 4) is 0 Å². The number of carbonyl (C=O) groups excluding carboxylic acids is 2. The van der Waals surface area contributed by atoms with E-state index in [0.29, 0.717) is 6.54 Å². The molecule has 0 heterocycles. The first-order valence-corrected chi connectivity index (χ1v) is 15.7. The van der Waals surface area contributed by atoms with Crippen molar-refractivity contribution in [1.29, 1.82) is 0 Å². The molecule has 7 nitrogen and oxygen atoms in total. The molecule has 0 aromatic heterocycles. The molecule has 2 amide bonds. The van der Waals surface area contributed by atoms with Crippen LogP contribution in [0.1, 0.15) is 24.5 Å². The van der Waals surface area contributed by atoms with Crippen LogP contribution < -0.4 is 9.62 Å². The molecule has 0 saturated carbocycles. The Bertz CT molecular complexity index is 1390. The number of hydrogen-bond acceptors (Lipinski definition) is 4. The van der Waals surface area contributed by atoms with Crippen molar-refractivity contribution < 1.29 is 18.0 Å². The van der Waals surface area contributed by atoms with Gasteiger partial charge in [-0.15, -0.1) is 0 Å². The number of halogens is 3. The average Bonchev–Trinajstić information content (AvgIpc) is 2.90. The lowest BCUT2D eigenvalue weighted by atomic mass is 10.0. The lowest BCUT2D eigenvalue weighted by Gasteiger charge is -2.33. The molecule has 0 aliphatic rings. The lowest BCUT2D eigenvalue weighted by Crippen LogP contribution is -2.53. The maximum atomic E-state index is 14.0. The first-order chi connectivity index (χ1) is 18.5. The number of benzene rings is 3. The summed E-state index contributed by atoms with van der Waals surface area (Å²) in [5.41, 5.74) is 1.72. The Balaban J connectivity index is 2.06. The van der Waals surface area contributed by atoms with Crippen LogP contribution in [0.5, 0.6) is 0 Å². The van der Waals surface area contributed by atoms with Crippen molar-refractivity contribution in [2.24, 2.45) is 0 Å². The summed E-state index contributed by atoms with van der Waals surface area (Å²) < 4.78 is 27.5. The average molecular weight is 655 g/mol. The normalized spacial score (nSPS) is 12.0. The summed E-state index contributed by atoms with van der Waals surface area (Å²) in [7, 11) is -3.95. The van der Waals surface area contributed by atoms with Crippen LogP contribution in [0.2, 0.25) is 10.0 Å². The van der Waals surface area contributed by atoms with Crippen molar-refractivity contribution >= 4 is 66.7 Å². The molecule has 3 rings (SSSR count). The van der Waals surface area contributed by atoms with E-state index in [1.165, 1.54) is 23.1 Å². The highest BCUT2D eigenvalue weighted by Gasteiger charge is 2.33. The number of nitrogens with zero attached hydrogens (tertiary/aromatic N) is 2. The SMILES string of the molecule is CCCNC(=O)C(Cc1ccccc1)N(Cc1ccc(Br)cc1)C(=O)CN(c1cc(Cl)ccc1Cl)S(C)(=O)=O. The van der Waals surface area contributed by atoms with Gasteiger partial charge in [-0.2, -0.15) is 0 Å². The minimum absolute atomic E-state index is 0.0821. The molecule has 0 bridgehead atoms. The Hall–Kier alpha value is -2.59. The van der Waals surface area contributed by atoms with E-state index in [0.717, 1.165) is 32.6 Å². The zero-order chi connectivity index (χ0) is 28.6. The molecule has 3 aromatic rings. The molecular weight excluding hydrogens is 625 g/mol. The molecule has 0 saturated heterocycles. The summed E-state index contributed by atoms with van der Waals surface area (Å²) in [6.07, 6.45) is 1.96. The van der Waals surface area contributed by atoms with E-state index in [-0.39, 0.29) is 34.6 Å². The zero-order valence-electron chi connectivity index (χ0n) is 21.6. The van der Waals surface area contributed by atoms with Gasteiger partial charge in [0.15, 0.2) is 0 Å². The minimum Gasteiger partial charge on any atom is -0.354 e. The van der Waals surface area contributed by atoms with Crippen LogP contribution in [0.3, 0.4) is 0 Å². The van der Waals surface area contributed by atoms with Gasteiger partial charge in [0, 0.05) is 29.0 Å². The molecule has 0 spiro atoms. The Morgan fingerprint density at radius 3 is 2.26 bits per heavy atom. The topological polar surface area (TPSA) is 86.8 Å². The van der Waals surface area contributed by atoms with Crippen molar-refractivity contribution in [3.63, 3.8) is 0 Å². The van der Waals surface area contributed by atoms with E-state index >= 15 is 0 Å². The van der Waals surface area contributed by atoms with Crippen LogP contribution in [-0.2, 0) is 32.6 Å². The van der Waals surface area contributed by atoms with Gasteiger partial charge in [-0.05, 0) is 47.9 Å². The van der Waals surface area contributed by atoms with E-state index in [9.17, 15) is 18.0 Å². The summed E-state index contributed by atoms with van der Waals surface area (Å²) in [5, 5.41) is 3.29. The molecular formula is C28H30BrCl2N3O4S. The van der Waals surface area contributed by atoms with Gasteiger partial charge in [-0.3, -0.25) is 13.9 Å². The standard InChI is InChI=1S/C28H30BrCl2N3O4S/c1-3-15-32-28(36)26(16-20-7-5-4-6-8-20)33(18-21-9-11-22(29)12-10-21)27(35)19-34(39(2,37)38)25-17-23(30)13-14-24(25)31/h4-14,17,26H,3,15-16,18-19H2,1-2H3,(H,32,36). The van der Waals surface area contributed by atoms with Crippen molar-refractivity contribution in [2.45, 2.75) is 32.4 Å². The fraction of sp³-hybridized carbons (Fsp3) is 0.286. The second-order valence-corrected chi connectivity index (χ2v) is 12.7. The molecule has 0 aliphatic carbocycles. The van der Waals surface area contributed by atoms with E-state index in [1.807, 2.05) is 61.5 Å². The predicted molar refractivity (Wildman–Crippen MR) is 161 cm³/mol. The van der Waals surface area contributed by atoms with Gasteiger partial charge in [-0.1, -0.05) is 88.5 Å². The third-order valence-corrected chi connectivity index (χ3v) is 8.15. The van der Waals surface area contributed by atoms with Crippen LogP contribution in [0, 0.1) is 0 Å². The Morgan fingerprint density at radius 1 is 0.974 bits per heavy atom. The molecule has 0 fully saturated rings. The maximum Gasteiger partial charge on any atom is 0.244 e. The maximum absolute atomic E-state index is 14.0. The highest BCUT2D eigenvalue weighted by atomic mass is 79.9. The molecule has 1 N–H and O–H groups in total. The highest BCUT2D eigenvalue weighted by Crippen LogP contribution is 2.31. The number of hydrogen-bond donors (Lipinski definition) is 1. The third-order valence-electron chi connectivity index (χ3n) is 5.94. The lowest BCUT2D eigenvalue weighted by molar-refractivity contribution is -0.140. The van der Waals surface area contributed by atoms with Crippen LogP contribution in [0.4, 0.5) is 5.69 Å². The first kappa shape index (κ1) is 30.9. The van der Waals surface area contributed by atoms with Crippen LogP contribution in [-0.4, -0.2) is 50.5 Å². The summed E-state index contributed by atoms with van der Waals surface area (Å²) in [5.74, 6) is -0.884. The quantitative estimate of drug-likeness (QED) is 0.272. The molecule has 0 aliphatic heterocycles. The zero-order valence-corrected chi connectivity index (χ0v) is 25.5. The van der Waals surface area contributed by atoms with Crippen LogP contribution >= 0.6 is 39.1 Å². The van der Waals surface area contributed by atoms with E-state index in [4.69, 9.17) is 23.2 Å². The van der Waals surface area contributed by atoms with E-state index in [2.05, 4.69) is 21.2 Å². The molecule has 11 heteroatoms. The van der Waals surface area contributed by atoms with Gasteiger partial charge in [0.25, 0.3) is 0 Å². The number of rotatable bonds is 12. The molecule has 3 aromatic carbocycles. The van der Waals surface area contributed by atoms with E-state index < -0.39 is 28.5 Å². The number of amides is 2. The number of anilines is 1. The molecule has 0 radical (unpaired) electrons. The van der Waals surface area contributed by atoms with Gasteiger partial charge in [-0.25, -0.2) is 8.42 Å². The third kappa shape index (κ3) is 8.96. The van der Waals surface area contributed by atoms with Gasteiger partial charge >= 0.3 is 0 Å². The van der Waals surface area contributed by atoms with Crippen LogP contribution in [0.15, 0.2) is 77.3 Å². The van der Waals surface area contributed by atoms with E-state index in [1.54, 1.807) is 0 Å². The first-order valence-electron chi connectivity index (χ1n) is 12.3. The number of sulfonamides is 1. The summed E-state index contributed by atoms with van der Waals surface area (Å²) in [6, 6.07) is 20.2. The minimum atomic E-state index is -3.95. The number of carbonyl (C=O) groups is 2. The molecule has 208 valence electrons. The summed E-state index contributed by atoms with van der Waals surface area (Å²) in [4.78, 5) is 28.9. The Kier molecular flexibility index (Phi) is 11.2. The fourth-order valence-corrected chi connectivity index (χ4v) is 5.53. The number of nitrogens with one attached hydrogen (secondary N) is 1. The van der Waals surface area contributed by atoms with Crippen molar-refractivity contribution in [3.05, 3.63) is 98.4 Å². The van der Waals surface area contributed by atoms with Crippen LogP contribution in [0.25, 0.3) is 0 Å². The summed E-state index contributed by atoms with van der Waals surface area (Å²) >= 11 is 15.9. The molecule has 1 atom stereocenters. The Labute approximate surface area is 248 Å². The molecule has 39 heavy (non-hydrogen) atoms. The second-order valence-electron chi connectivity index (χ2n) is 9.01. The molecule has 1 unspecified atom stereocenters. The monoisotopic (exact) mass is 653 g/mol. The predicted octanol–water partition coefficient (Wildman–Crippen LogP) is 5.69. The van der Waals surface area contributed by atoms with Gasteiger partial charge in [0.05, 0.1) is 17.0 Å². The largest absolute Gasteiger partial charge is 0.354 e. The fourth-order valence-electron chi connectivity index (χ4n) is 3.98. The van der Waals surface area contributed by atoms with Gasteiger partial charge in [0.2, 0.25) is 21.8 Å². The summed E-state index contributed by atoms with van der Waals surface area (Å²) in [6.45, 7) is 1.90. The highest BCUT2D eigenvalue weighted by molar-refractivity contribution is 9.10. The van der Waals surface area contributed by atoms with Gasteiger partial charge in [0.1, 0.15) is 12.6 Å². The smallest absolute Gasteiger partial charge is 0.244 e.